The van der Waals surface area contributed by atoms with Crippen molar-refractivity contribution in [1.29, 1.82) is 0 Å². The van der Waals surface area contributed by atoms with Crippen molar-refractivity contribution >= 4 is 11.4 Å². The van der Waals surface area contributed by atoms with Crippen molar-refractivity contribution in [3.63, 3.8) is 0 Å². The van der Waals surface area contributed by atoms with E-state index in [1.807, 2.05) is 0 Å². The summed E-state index contributed by atoms with van der Waals surface area (Å²) in [5.74, 6) is 1.70. The van der Waals surface area contributed by atoms with E-state index in [9.17, 15) is 20.2 Å². The van der Waals surface area contributed by atoms with Crippen LogP contribution in [0, 0.1) is 32.1 Å². The highest BCUT2D eigenvalue weighted by atomic mass is 16.6. The molecule has 0 bridgehead atoms. The third-order valence-electron chi connectivity index (χ3n) is 2.61. The van der Waals surface area contributed by atoms with E-state index in [1.54, 1.807) is 0 Å². The van der Waals surface area contributed by atoms with Crippen LogP contribution < -0.4 is 0 Å². The van der Waals surface area contributed by atoms with Crippen LogP contribution in [-0.4, -0.2) is 9.85 Å². The number of rotatable bonds is 3. The van der Waals surface area contributed by atoms with Crippen molar-refractivity contribution < 1.29 is 9.85 Å². The van der Waals surface area contributed by atoms with Crippen molar-refractivity contribution in [3.05, 3.63) is 44.5 Å². The smallest absolute Gasteiger partial charge is 0.258 e. The fraction of sp³-hybridized carbons (Fsp3) is 0.500. The first kappa shape index (κ1) is 16.0. The van der Waals surface area contributed by atoms with Gasteiger partial charge < -0.3 is 0 Å². The van der Waals surface area contributed by atoms with E-state index in [-0.39, 0.29) is 0 Å². The molecule has 1 rings (SSSR count). The van der Waals surface area contributed by atoms with Gasteiger partial charge in [-0.2, -0.15) is 0 Å². The zero-order valence-corrected chi connectivity index (χ0v) is 11.0. The first-order valence-electron chi connectivity index (χ1n) is 5.65. The molecule has 6 heteroatoms. The minimum Gasteiger partial charge on any atom is -0.258 e. The van der Waals surface area contributed by atoms with Gasteiger partial charge in [0.25, 0.3) is 0 Å². The van der Waals surface area contributed by atoms with Crippen molar-refractivity contribution in [2.75, 3.05) is 0 Å². The standard InChI is InChI=1S/C6H4N2O4.C6H14/c9-7(10)5-3-1-2-4-6(5)8(11)12;1-5(2)6(3)4/h1-4H;5-6H,1-4H3. The predicted molar refractivity (Wildman–Crippen MR) is 69.4 cm³/mol. The Labute approximate surface area is 106 Å². The third kappa shape index (κ3) is 5.38. The molecule has 0 unspecified atom stereocenters. The van der Waals surface area contributed by atoms with E-state index in [0.29, 0.717) is 0 Å². The molecule has 0 fully saturated rings. The minimum absolute atomic E-state index is 0.484. The Morgan fingerprint density at radius 1 is 0.833 bits per heavy atom. The summed E-state index contributed by atoms with van der Waals surface area (Å²) in [6, 6.07) is 4.95. The van der Waals surface area contributed by atoms with E-state index in [4.69, 9.17) is 0 Å². The maximum absolute atomic E-state index is 10.2. The Morgan fingerprint density at radius 3 is 1.28 bits per heavy atom. The van der Waals surface area contributed by atoms with Gasteiger partial charge in [0.1, 0.15) is 0 Å². The molecule has 0 saturated heterocycles. The van der Waals surface area contributed by atoms with Crippen molar-refractivity contribution in [2.24, 2.45) is 11.8 Å². The van der Waals surface area contributed by atoms with E-state index < -0.39 is 21.2 Å². The summed E-state index contributed by atoms with van der Waals surface area (Å²) in [6.45, 7) is 8.96. The second-order valence-corrected chi connectivity index (χ2v) is 4.49. The van der Waals surface area contributed by atoms with E-state index in [0.717, 1.165) is 24.0 Å². The van der Waals surface area contributed by atoms with Crippen LogP contribution in [0.25, 0.3) is 0 Å². The lowest BCUT2D eigenvalue weighted by Gasteiger charge is -2.05. The van der Waals surface area contributed by atoms with Gasteiger partial charge in [0, 0.05) is 12.1 Å². The summed E-state index contributed by atoms with van der Waals surface area (Å²) in [5, 5.41) is 20.5. The van der Waals surface area contributed by atoms with Crippen LogP contribution in [0.5, 0.6) is 0 Å². The maximum Gasteiger partial charge on any atom is 0.346 e. The lowest BCUT2D eigenvalue weighted by atomic mass is 10.0. The molecule has 6 nitrogen and oxygen atoms in total. The monoisotopic (exact) mass is 254 g/mol. The van der Waals surface area contributed by atoms with Crippen LogP contribution in [0.4, 0.5) is 11.4 Å². The highest BCUT2D eigenvalue weighted by Crippen LogP contribution is 2.24. The van der Waals surface area contributed by atoms with Gasteiger partial charge in [0.15, 0.2) is 0 Å². The number of benzene rings is 1. The van der Waals surface area contributed by atoms with Crippen molar-refractivity contribution in [2.45, 2.75) is 27.7 Å². The van der Waals surface area contributed by atoms with Gasteiger partial charge in [-0.1, -0.05) is 39.8 Å². The molecule has 0 saturated carbocycles. The van der Waals surface area contributed by atoms with Gasteiger partial charge in [-0.25, -0.2) is 0 Å². The topological polar surface area (TPSA) is 86.3 Å². The first-order valence-corrected chi connectivity index (χ1v) is 5.65. The predicted octanol–water partition coefficient (Wildman–Crippen LogP) is 3.80. The van der Waals surface area contributed by atoms with E-state index in [1.165, 1.54) is 12.1 Å². The van der Waals surface area contributed by atoms with E-state index in [2.05, 4.69) is 27.7 Å². The lowest BCUT2D eigenvalue weighted by Crippen LogP contribution is -1.95. The molecule has 0 heterocycles. The average Bonchev–Trinajstić information content (AvgIpc) is 2.29. The van der Waals surface area contributed by atoms with Crippen molar-refractivity contribution in [3.8, 4) is 0 Å². The van der Waals surface area contributed by atoms with Crippen LogP contribution in [0.3, 0.4) is 0 Å². The Balaban J connectivity index is 0.000000411. The first-order chi connectivity index (χ1) is 8.27. The molecule has 0 aliphatic carbocycles. The Kier molecular flexibility index (Phi) is 6.56. The summed E-state index contributed by atoms with van der Waals surface area (Å²) >= 11 is 0. The Morgan fingerprint density at radius 2 is 1.11 bits per heavy atom. The molecule has 0 amide bonds. The van der Waals surface area contributed by atoms with Crippen LogP contribution in [0.1, 0.15) is 27.7 Å². The third-order valence-corrected chi connectivity index (χ3v) is 2.61. The molecule has 100 valence electrons. The molecule has 0 spiro atoms. The molecule has 0 aliphatic heterocycles. The lowest BCUT2D eigenvalue weighted by molar-refractivity contribution is -0.422. The van der Waals surface area contributed by atoms with Crippen LogP contribution in [0.15, 0.2) is 24.3 Å². The van der Waals surface area contributed by atoms with Gasteiger partial charge in [-0.05, 0) is 11.8 Å². The molecule has 0 aromatic heterocycles. The van der Waals surface area contributed by atoms with Crippen LogP contribution >= 0.6 is 0 Å². The molecule has 0 atom stereocenters. The van der Waals surface area contributed by atoms with Gasteiger partial charge in [0.2, 0.25) is 0 Å². The number of nitrogens with zero attached hydrogens (tertiary/aromatic N) is 2. The number of nitro benzene ring substituents is 2. The van der Waals surface area contributed by atoms with Crippen LogP contribution in [0.2, 0.25) is 0 Å². The highest BCUT2D eigenvalue weighted by molar-refractivity contribution is 5.51. The van der Waals surface area contributed by atoms with Gasteiger partial charge in [-0.15, -0.1) is 0 Å². The van der Waals surface area contributed by atoms with Crippen molar-refractivity contribution in [1.82, 2.24) is 0 Å². The maximum atomic E-state index is 10.2. The van der Waals surface area contributed by atoms with Gasteiger partial charge in [0.05, 0.1) is 9.85 Å². The molecule has 18 heavy (non-hydrogen) atoms. The summed E-state index contributed by atoms with van der Waals surface area (Å²) < 4.78 is 0. The zero-order chi connectivity index (χ0) is 14.3. The fourth-order valence-electron chi connectivity index (χ4n) is 0.773. The SMILES string of the molecule is CC(C)C(C)C.O=[N+]([O-])c1ccccc1[N+](=O)[O-]. The fourth-order valence-corrected chi connectivity index (χ4v) is 0.773. The Hall–Kier alpha value is -1.98. The summed E-state index contributed by atoms with van der Waals surface area (Å²) in [6.07, 6.45) is 0. The molecular formula is C12H18N2O4. The molecule has 0 N–H and O–H groups in total. The second kappa shape index (κ2) is 7.37. The highest BCUT2D eigenvalue weighted by Gasteiger charge is 2.21. The van der Waals surface area contributed by atoms with Gasteiger partial charge >= 0.3 is 11.4 Å². The quantitative estimate of drug-likeness (QED) is 0.606. The summed E-state index contributed by atoms with van der Waals surface area (Å²) in [5.41, 5.74) is -0.968. The largest absolute Gasteiger partial charge is 0.346 e. The summed E-state index contributed by atoms with van der Waals surface area (Å²) in [4.78, 5) is 18.9. The van der Waals surface area contributed by atoms with Crippen LogP contribution in [-0.2, 0) is 0 Å². The molecule has 1 aromatic carbocycles. The average molecular weight is 254 g/mol. The second-order valence-electron chi connectivity index (χ2n) is 4.49. The minimum atomic E-state index is -0.780. The normalized spacial score (nSPS) is 9.89. The number of hydrogen-bond donors (Lipinski definition) is 0. The molecule has 0 radical (unpaired) electrons. The number of para-hydroxylation sites is 2. The number of hydrogen-bond acceptors (Lipinski definition) is 4. The zero-order valence-electron chi connectivity index (χ0n) is 11.0. The van der Waals surface area contributed by atoms with Gasteiger partial charge in [-0.3, -0.25) is 20.2 Å². The Bertz CT molecular complexity index is 377. The molecular weight excluding hydrogens is 236 g/mol. The molecule has 0 aliphatic rings. The van der Waals surface area contributed by atoms with E-state index >= 15 is 0 Å². The number of nitro groups is 2. The summed E-state index contributed by atoms with van der Waals surface area (Å²) in [7, 11) is 0. The molecule has 1 aromatic rings.